The minimum Gasteiger partial charge on any atom is -0.493 e. The van der Waals surface area contributed by atoms with Crippen molar-refractivity contribution in [2.24, 2.45) is 16.0 Å². The van der Waals surface area contributed by atoms with Crippen LogP contribution in [0.5, 0.6) is 5.88 Å². The Bertz CT molecular complexity index is 498. The van der Waals surface area contributed by atoms with E-state index in [0.717, 1.165) is 0 Å². The molecule has 0 saturated carbocycles. The van der Waals surface area contributed by atoms with Gasteiger partial charge in [-0.1, -0.05) is 5.11 Å². The smallest absolute Gasteiger partial charge is 0.357 e. The molecule has 0 aliphatic rings. The number of hydrogen-bond donors (Lipinski definition) is 4. The van der Waals surface area contributed by atoms with Gasteiger partial charge in [0.1, 0.15) is 0 Å². The molecule has 0 fully saturated rings. The Kier molecular flexibility index (Phi) is 2.42. The third-order valence-corrected chi connectivity index (χ3v) is 1.15. The van der Waals surface area contributed by atoms with Gasteiger partial charge in [-0.15, -0.1) is 5.11 Å². The van der Waals surface area contributed by atoms with Gasteiger partial charge in [0.2, 0.25) is 11.6 Å². The molecule has 5 N–H and O–H groups in total. The van der Waals surface area contributed by atoms with Crippen molar-refractivity contribution in [3.8, 4) is 5.88 Å². The fourth-order valence-electron chi connectivity index (χ4n) is 0.660. The average Bonchev–Trinajstić information content (AvgIpc) is 2.01. The number of nitrogens with two attached hydrogens (primary N) is 1. The van der Waals surface area contributed by atoms with Crippen LogP contribution in [0.15, 0.2) is 19.8 Å². The van der Waals surface area contributed by atoms with E-state index in [1.165, 1.54) is 0 Å². The molecule has 2 amide bonds. The van der Waals surface area contributed by atoms with E-state index in [0.29, 0.717) is 0 Å². The van der Waals surface area contributed by atoms with Crippen molar-refractivity contribution in [3.05, 3.63) is 20.8 Å². The van der Waals surface area contributed by atoms with E-state index in [-0.39, 0.29) is 0 Å². The second kappa shape index (κ2) is 3.51. The number of aromatic hydroxyl groups is 1. The van der Waals surface area contributed by atoms with E-state index < -0.39 is 28.8 Å². The number of nitrogens with one attached hydrogen (secondary N) is 2. The van der Waals surface area contributed by atoms with Crippen molar-refractivity contribution in [1.29, 1.82) is 0 Å². The second-order valence-electron chi connectivity index (χ2n) is 2.14. The number of azo groups is 1. The van der Waals surface area contributed by atoms with Gasteiger partial charge in [0.05, 0.1) is 0 Å². The fraction of sp³-hybridized carbons (Fsp3) is 0. The summed E-state index contributed by atoms with van der Waals surface area (Å²) in [5.74, 6) is -0.788. The summed E-state index contributed by atoms with van der Waals surface area (Å²) in [4.78, 5) is 35.3. The predicted molar refractivity (Wildman–Crippen MR) is 43.4 cm³/mol. The zero-order valence-electron chi connectivity index (χ0n) is 6.64. The van der Waals surface area contributed by atoms with E-state index in [1.54, 1.807) is 4.98 Å². The summed E-state index contributed by atoms with van der Waals surface area (Å²) < 4.78 is 0. The zero-order valence-corrected chi connectivity index (χ0v) is 6.64. The number of hydrogen-bond acceptors (Lipinski definition) is 5. The lowest BCUT2D eigenvalue weighted by Gasteiger charge is -1.93. The van der Waals surface area contributed by atoms with Gasteiger partial charge >= 0.3 is 11.7 Å². The first-order valence-electron chi connectivity index (χ1n) is 3.27. The highest BCUT2D eigenvalue weighted by molar-refractivity contribution is 5.72. The second-order valence-corrected chi connectivity index (χ2v) is 2.14. The Morgan fingerprint density at radius 1 is 1.36 bits per heavy atom. The van der Waals surface area contributed by atoms with Crippen LogP contribution in [-0.2, 0) is 0 Å². The van der Waals surface area contributed by atoms with E-state index in [2.05, 4.69) is 16.0 Å². The number of carbonyl (C=O) groups excluding carboxylic acids is 1. The molecule has 0 spiro atoms. The van der Waals surface area contributed by atoms with Gasteiger partial charge in [-0.2, -0.15) is 0 Å². The third kappa shape index (κ3) is 2.03. The van der Waals surface area contributed by atoms with Gasteiger partial charge < -0.3 is 10.8 Å². The van der Waals surface area contributed by atoms with E-state index in [1.807, 2.05) is 4.98 Å². The molecule has 1 aromatic heterocycles. The van der Waals surface area contributed by atoms with Gasteiger partial charge in [0.25, 0.3) is 5.56 Å². The largest absolute Gasteiger partial charge is 0.493 e. The van der Waals surface area contributed by atoms with Gasteiger partial charge in [-0.05, 0) is 0 Å². The molecular formula is C5H5N5O4. The predicted octanol–water partition coefficient (Wildman–Crippen LogP) is -1.07. The number of H-pyrrole nitrogens is 2. The van der Waals surface area contributed by atoms with Crippen LogP contribution in [-0.4, -0.2) is 21.1 Å². The summed E-state index contributed by atoms with van der Waals surface area (Å²) in [7, 11) is 0. The van der Waals surface area contributed by atoms with Crippen LogP contribution in [0, 0.1) is 0 Å². The van der Waals surface area contributed by atoms with Crippen LogP contribution in [0.1, 0.15) is 0 Å². The maximum absolute atomic E-state index is 10.9. The Balaban J connectivity index is 3.29. The van der Waals surface area contributed by atoms with Crippen LogP contribution >= 0.6 is 0 Å². The topological polar surface area (TPSA) is 154 Å². The molecule has 1 rings (SSSR count). The summed E-state index contributed by atoms with van der Waals surface area (Å²) in [5, 5.41) is 14.8. The summed E-state index contributed by atoms with van der Waals surface area (Å²) in [6, 6.07) is -1.13. The molecule has 74 valence electrons. The van der Waals surface area contributed by atoms with Crippen molar-refractivity contribution in [1.82, 2.24) is 9.97 Å². The molecule has 9 heteroatoms. The summed E-state index contributed by atoms with van der Waals surface area (Å²) >= 11 is 0. The number of nitrogens with zero attached hydrogens (tertiary/aromatic N) is 2. The maximum Gasteiger partial charge on any atom is 0.357 e. The first-order valence-corrected chi connectivity index (χ1v) is 3.27. The molecule has 0 radical (unpaired) electrons. The van der Waals surface area contributed by atoms with Gasteiger partial charge in [0, 0.05) is 0 Å². The summed E-state index contributed by atoms with van der Waals surface area (Å²) in [6.07, 6.45) is 0. The Labute approximate surface area is 75.3 Å². The van der Waals surface area contributed by atoms with Crippen LogP contribution in [0.25, 0.3) is 0 Å². The van der Waals surface area contributed by atoms with Crippen LogP contribution in [0.4, 0.5) is 10.5 Å². The molecule has 1 aromatic rings. The monoisotopic (exact) mass is 199 g/mol. The Morgan fingerprint density at radius 3 is 2.50 bits per heavy atom. The lowest BCUT2D eigenvalue weighted by atomic mass is 10.5. The molecule has 1 heterocycles. The normalized spacial score (nSPS) is 10.6. The van der Waals surface area contributed by atoms with E-state index in [4.69, 9.17) is 5.11 Å². The molecule has 0 atom stereocenters. The molecule has 0 aliphatic carbocycles. The Hall–Kier alpha value is -2.45. The van der Waals surface area contributed by atoms with Crippen molar-refractivity contribution in [2.75, 3.05) is 0 Å². The first kappa shape index (κ1) is 9.64. The van der Waals surface area contributed by atoms with Crippen LogP contribution in [0.3, 0.4) is 0 Å². The standard InChI is InChI=1S/C5H5N5O4/c6-4(13)10-9-1-2(11)7-5(14)8-3(1)12/h(H2,6,13)(H3,7,8,11,12,14). The van der Waals surface area contributed by atoms with Crippen LogP contribution < -0.4 is 17.0 Å². The van der Waals surface area contributed by atoms with E-state index in [9.17, 15) is 14.4 Å². The number of aromatic nitrogens is 2. The zero-order chi connectivity index (χ0) is 10.7. The van der Waals surface area contributed by atoms with Crippen molar-refractivity contribution in [2.45, 2.75) is 0 Å². The SMILES string of the molecule is NC(=O)N=Nc1c(O)[nH]c(=O)[nH]c1=O. The molecule has 0 unspecified atom stereocenters. The van der Waals surface area contributed by atoms with Crippen LogP contribution in [0.2, 0.25) is 0 Å². The quantitative estimate of drug-likeness (QED) is 0.425. The number of urea groups is 1. The number of aromatic amines is 2. The molecule has 0 aromatic carbocycles. The average molecular weight is 199 g/mol. The maximum atomic E-state index is 10.9. The first-order chi connectivity index (χ1) is 6.50. The van der Waals surface area contributed by atoms with Crippen molar-refractivity contribution in [3.63, 3.8) is 0 Å². The molecule has 14 heavy (non-hydrogen) atoms. The molecular weight excluding hydrogens is 194 g/mol. The minimum atomic E-state index is -1.13. The number of primary amides is 1. The lowest BCUT2D eigenvalue weighted by molar-refractivity contribution is 0.255. The molecule has 0 aliphatic heterocycles. The van der Waals surface area contributed by atoms with Gasteiger partial charge in [0.15, 0.2) is 0 Å². The number of carbonyl (C=O) groups is 1. The van der Waals surface area contributed by atoms with E-state index >= 15 is 0 Å². The molecule has 0 saturated heterocycles. The van der Waals surface area contributed by atoms with Crippen molar-refractivity contribution < 1.29 is 9.90 Å². The minimum absolute atomic E-state index is 0.594. The molecule has 9 nitrogen and oxygen atoms in total. The molecule has 0 bridgehead atoms. The van der Waals surface area contributed by atoms with Gasteiger partial charge in [-0.25, -0.2) is 9.59 Å². The number of rotatable bonds is 1. The third-order valence-electron chi connectivity index (χ3n) is 1.15. The summed E-state index contributed by atoms with van der Waals surface area (Å²) in [5.41, 5.74) is 2.14. The summed E-state index contributed by atoms with van der Waals surface area (Å²) in [6.45, 7) is 0. The van der Waals surface area contributed by atoms with Gasteiger partial charge in [-0.3, -0.25) is 14.8 Å². The highest BCUT2D eigenvalue weighted by Gasteiger charge is 2.07. The highest BCUT2D eigenvalue weighted by atomic mass is 16.3. The Morgan fingerprint density at radius 2 is 2.00 bits per heavy atom. The lowest BCUT2D eigenvalue weighted by Crippen LogP contribution is -2.21. The van der Waals surface area contributed by atoms with Crippen molar-refractivity contribution >= 4 is 11.7 Å². The highest BCUT2D eigenvalue weighted by Crippen LogP contribution is 2.15. The number of amides is 2. The fourth-order valence-corrected chi connectivity index (χ4v) is 0.660.